The molecule has 19 heavy (non-hydrogen) atoms. The van der Waals surface area contributed by atoms with Gasteiger partial charge in [0.2, 0.25) is 5.91 Å². The summed E-state index contributed by atoms with van der Waals surface area (Å²) in [6.45, 7) is 5.24. The minimum Gasteiger partial charge on any atom is -0.349 e. The van der Waals surface area contributed by atoms with Gasteiger partial charge in [-0.15, -0.1) is 11.3 Å². The van der Waals surface area contributed by atoms with Crippen LogP contribution in [0.25, 0.3) is 10.6 Å². The maximum atomic E-state index is 13.7. The fraction of sp³-hybridized carbons (Fsp3) is 0.286. The molecule has 0 saturated heterocycles. The number of thiazole rings is 1. The van der Waals surface area contributed by atoms with Gasteiger partial charge in [0, 0.05) is 12.5 Å². The molecule has 3 nitrogen and oxygen atoms in total. The van der Waals surface area contributed by atoms with Crippen molar-refractivity contribution < 1.29 is 9.18 Å². The highest BCUT2D eigenvalue weighted by Crippen LogP contribution is 2.32. The number of benzene rings is 1. The Labute approximate surface area is 115 Å². The Morgan fingerprint density at radius 2 is 2.11 bits per heavy atom. The second-order valence-electron chi connectivity index (χ2n) is 4.37. The molecule has 0 unspecified atom stereocenters. The lowest BCUT2D eigenvalue weighted by Crippen LogP contribution is -2.23. The van der Waals surface area contributed by atoms with Crippen molar-refractivity contribution in [2.45, 2.75) is 26.8 Å². The molecule has 1 heterocycles. The van der Waals surface area contributed by atoms with Crippen LogP contribution in [0.1, 0.15) is 30.5 Å². The van der Waals surface area contributed by atoms with Crippen LogP contribution in [0.4, 0.5) is 4.39 Å². The summed E-state index contributed by atoms with van der Waals surface area (Å²) in [7, 11) is 0. The summed E-state index contributed by atoms with van der Waals surface area (Å²) in [5.74, 6) is -0.372. The Hall–Kier alpha value is -1.75. The second kappa shape index (κ2) is 5.48. The van der Waals surface area contributed by atoms with Gasteiger partial charge in [0.05, 0.1) is 16.6 Å². The third-order valence-electron chi connectivity index (χ3n) is 2.75. The molecule has 0 bridgehead atoms. The summed E-state index contributed by atoms with van der Waals surface area (Å²) >= 11 is 1.41. The van der Waals surface area contributed by atoms with Gasteiger partial charge in [-0.2, -0.15) is 0 Å². The number of carbonyl (C=O) groups is 1. The molecule has 1 N–H and O–H groups in total. The first-order chi connectivity index (χ1) is 8.99. The van der Waals surface area contributed by atoms with E-state index in [0.717, 1.165) is 10.6 Å². The number of hydrogen-bond acceptors (Lipinski definition) is 3. The molecule has 0 radical (unpaired) electrons. The lowest BCUT2D eigenvalue weighted by molar-refractivity contribution is -0.119. The minimum atomic E-state index is -0.282. The Morgan fingerprint density at radius 1 is 1.42 bits per heavy atom. The smallest absolute Gasteiger partial charge is 0.217 e. The number of nitrogens with one attached hydrogen (secondary N) is 1. The van der Waals surface area contributed by atoms with Crippen LogP contribution in [0.3, 0.4) is 0 Å². The molecule has 2 rings (SSSR count). The molecule has 0 spiro atoms. The molecular formula is C14H15FN2OS. The van der Waals surface area contributed by atoms with Crippen molar-refractivity contribution in [2.75, 3.05) is 0 Å². The van der Waals surface area contributed by atoms with Crippen LogP contribution >= 0.6 is 11.3 Å². The first-order valence-electron chi connectivity index (χ1n) is 5.98. The van der Waals surface area contributed by atoms with Crippen molar-refractivity contribution in [3.63, 3.8) is 0 Å². The first-order valence-corrected chi connectivity index (χ1v) is 6.80. The molecule has 0 fully saturated rings. The quantitative estimate of drug-likeness (QED) is 0.934. The van der Waals surface area contributed by atoms with Crippen LogP contribution in [-0.2, 0) is 4.79 Å². The number of aromatic nitrogens is 1. The number of nitrogens with zero attached hydrogens (tertiary/aromatic N) is 1. The van der Waals surface area contributed by atoms with Crippen molar-refractivity contribution in [1.82, 2.24) is 10.3 Å². The number of amides is 1. The first kappa shape index (κ1) is 13.7. The van der Waals surface area contributed by atoms with E-state index in [4.69, 9.17) is 0 Å². The van der Waals surface area contributed by atoms with Gasteiger partial charge in [-0.1, -0.05) is 12.1 Å². The fourth-order valence-electron chi connectivity index (χ4n) is 1.93. The molecule has 5 heteroatoms. The topological polar surface area (TPSA) is 42.0 Å². The van der Waals surface area contributed by atoms with E-state index in [1.807, 2.05) is 13.8 Å². The van der Waals surface area contributed by atoms with E-state index in [0.29, 0.717) is 10.6 Å². The number of carbonyl (C=O) groups excluding carboxylic acids is 1. The van der Waals surface area contributed by atoms with Crippen LogP contribution in [0.15, 0.2) is 24.3 Å². The summed E-state index contributed by atoms with van der Waals surface area (Å²) in [5, 5.41) is 3.46. The van der Waals surface area contributed by atoms with Gasteiger partial charge >= 0.3 is 0 Å². The summed E-state index contributed by atoms with van der Waals surface area (Å²) in [6, 6.07) is 6.45. The largest absolute Gasteiger partial charge is 0.349 e. The second-order valence-corrected chi connectivity index (χ2v) is 5.40. The van der Waals surface area contributed by atoms with Gasteiger partial charge in [-0.25, -0.2) is 9.37 Å². The number of halogens is 1. The van der Waals surface area contributed by atoms with Gasteiger partial charge in [-0.05, 0) is 26.0 Å². The third kappa shape index (κ3) is 2.98. The highest BCUT2D eigenvalue weighted by molar-refractivity contribution is 7.15. The van der Waals surface area contributed by atoms with E-state index in [2.05, 4.69) is 10.3 Å². The molecule has 0 saturated carbocycles. The molecule has 2 aromatic rings. The van der Waals surface area contributed by atoms with E-state index in [-0.39, 0.29) is 17.8 Å². The van der Waals surface area contributed by atoms with Crippen molar-refractivity contribution in [1.29, 1.82) is 0 Å². The predicted octanol–water partition coefficient (Wildman–Crippen LogP) is 3.45. The van der Waals surface area contributed by atoms with Crippen LogP contribution < -0.4 is 5.32 Å². The number of aryl methyl sites for hydroxylation is 1. The molecule has 1 atom stereocenters. The molecule has 100 valence electrons. The standard InChI is InChI=1S/C14H15FN2OS/c1-8(16-10(3)18)13-9(2)17-14(19-13)11-6-4-5-7-12(11)15/h4-8H,1-3H3,(H,16,18)/t8-/m1/s1. The lowest BCUT2D eigenvalue weighted by Gasteiger charge is -2.10. The molecule has 1 aromatic heterocycles. The molecular weight excluding hydrogens is 263 g/mol. The van der Waals surface area contributed by atoms with Crippen molar-refractivity contribution in [3.05, 3.63) is 40.7 Å². The zero-order valence-electron chi connectivity index (χ0n) is 11.0. The van der Waals surface area contributed by atoms with E-state index in [1.165, 1.54) is 24.3 Å². The summed E-state index contributed by atoms with van der Waals surface area (Å²) < 4.78 is 13.7. The fourth-order valence-corrected chi connectivity index (χ4v) is 3.03. The third-order valence-corrected chi connectivity index (χ3v) is 4.12. The number of hydrogen-bond donors (Lipinski definition) is 1. The molecule has 0 aliphatic heterocycles. The molecule has 1 amide bonds. The highest BCUT2D eigenvalue weighted by Gasteiger charge is 2.17. The zero-order chi connectivity index (χ0) is 14.0. The average Bonchev–Trinajstić information content (AvgIpc) is 2.71. The van der Waals surface area contributed by atoms with Crippen LogP contribution in [-0.4, -0.2) is 10.9 Å². The highest BCUT2D eigenvalue weighted by atomic mass is 32.1. The summed E-state index contributed by atoms with van der Waals surface area (Å²) in [6.07, 6.45) is 0. The minimum absolute atomic E-state index is 0.0901. The Kier molecular flexibility index (Phi) is 3.95. The van der Waals surface area contributed by atoms with Gasteiger partial charge < -0.3 is 5.32 Å². The molecule has 0 aliphatic rings. The van der Waals surface area contributed by atoms with E-state index < -0.39 is 0 Å². The lowest BCUT2D eigenvalue weighted by atomic mass is 10.2. The molecule has 1 aromatic carbocycles. The van der Waals surface area contributed by atoms with E-state index in [1.54, 1.807) is 18.2 Å². The van der Waals surface area contributed by atoms with Gasteiger partial charge in [0.1, 0.15) is 10.8 Å². The van der Waals surface area contributed by atoms with Crippen LogP contribution in [0.2, 0.25) is 0 Å². The van der Waals surface area contributed by atoms with Gasteiger partial charge in [0.15, 0.2) is 0 Å². The zero-order valence-corrected chi connectivity index (χ0v) is 11.8. The SMILES string of the molecule is CC(=O)N[C@H](C)c1sc(-c2ccccc2F)nc1C. The van der Waals surface area contributed by atoms with Crippen molar-refractivity contribution in [3.8, 4) is 10.6 Å². The average molecular weight is 278 g/mol. The van der Waals surface area contributed by atoms with E-state index in [9.17, 15) is 9.18 Å². The predicted molar refractivity (Wildman–Crippen MR) is 74.5 cm³/mol. The maximum absolute atomic E-state index is 13.7. The van der Waals surface area contributed by atoms with Crippen LogP contribution in [0.5, 0.6) is 0 Å². The van der Waals surface area contributed by atoms with Crippen molar-refractivity contribution >= 4 is 17.2 Å². The molecule has 0 aliphatic carbocycles. The van der Waals surface area contributed by atoms with Crippen molar-refractivity contribution in [2.24, 2.45) is 0 Å². The van der Waals surface area contributed by atoms with Crippen LogP contribution in [0, 0.1) is 12.7 Å². The Balaban J connectivity index is 2.36. The Morgan fingerprint density at radius 3 is 2.74 bits per heavy atom. The summed E-state index contributed by atoms with van der Waals surface area (Å²) in [4.78, 5) is 16.4. The Bertz CT molecular complexity index is 609. The van der Waals surface area contributed by atoms with E-state index >= 15 is 0 Å². The number of rotatable bonds is 3. The van der Waals surface area contributed by atoms with Gasteiger partial charge in [-0.3, -0.25) is 4.79 Å². The monoisotopic (exact) mass is 278 g/mol. The maximum Gasteiger partial charge on any atom is 0.217 e. The summed E-state index contributed by atoms with van der Waals surface area (Å²) in [5.41, 5.74) is 1.32. The van der Waals surface area contributed by atoms with Gasteiger partial charge in [0.25, 0.3) is 0 Å². The normalized spacial score (nSPS) is 12.2.